The lowest BCUT2D eigenvalue weighted by atomic mass is 10.1. The fourth-order valence-electron chi connectivity index (χ4n) is 2.14. The van der Waals surface area contributed by atoms with E-state index in [-0.39, 0.29) is 33.0 Å². The Hall–Kier alpha value is -2.94. The number of methoxy groups -OCH3 is 1. The monoisotopic (exact) mass is 318 g/mol. The highest BCUT2D eigenvalue weighted by molar-refractivity contribution is 7.71. The summed E-state index contributed by atoms with van der Waals surface area (Å²) >= 11 is 5.01. The highest BCUT2D eigenvalue weighted by atomic mass is 32.1. The number of aromatic nitrogens is 4. The summed E-state index contributed by atoms with van der Waals surface area (Å²) in [6, 6.07) is 4.57. The van der Waals surface area contributed by atoms with E-state index in [1.807, 2.05) is 0 Å². The first-order valence-corrected chi connectivity index (χ1v) is 6.54. The molecule has 0 aliphatic heterocycles. The summed E-state index contributed by atoms with van der Waals surface area (Å²) in [5.41, 5.74) is -0.394. The van der Waals surface area contributed by atoms with Crippen LogP contribution in [-0.2, 0) is 0 Å². The van der Waals surface area contributed by atoms with Crippen molar-refractivity contribution in [3.05, 3.63) is 43.8 Å². The molecule has 0 aliphatic carbocycles. The Labute approximate surface area is 127 Å². The molecular weight excluding hydrogens is 308 g/mol. The standard InChI is InChI=1S/C13H10N4O4S/c1-21-7-3-2-5(4-6(7)18)9-8-10(16-13(22)14-9)15-12(20)17-11(8)19/h2-4,18H,1H3,(H3,14,15,16,17,19,20,22). The second kappa shape index (κ2) is 5.11. The molecular formula is C13H10N4O4S. The minimum absolute atomic E-state index is 0.0963. The number of H-pyrrole nitrogens is 3. The average molecular weight is 318 g/mol. The highest BCUT2D eigenvalue weighted by Gasteiger charge is 2.13. The lowest BCUT2D eigenvalue weighted by Gasteiger charge is -2.07. The first-order valence-electron chi connectivity index (χ1n) is 6.13. The van der Waals surface area contributed by atoms with Crippen LogP contribution in [0.4, 0.5) is 0 Å². The maximum Gasteiger partial charge on any atom is 0.327 e. The van der Waals surface area contributed by atoms with Crippen LogP contribution in [0.25, 0.3) is 22.3 Å². The molecule has 0 fully saturated rings. The number of fused-ring (bicyclic) bond motifs is 1. The van der Waals surface area contributed by atoms with E-state index >= 15 is 0 Å². The predicted octanol–water partition coefficient (Wildman–Crippen LogP) is 1.05. The topological polar surface area (TPSA) is 124 Å². The quantitative estimate of drug-likeness (QED) is 0.524. The van der Waals surface area contributed by atoms with E-state index in [9.17, 15) is 14.7 Å². The molecule has 0 amide bonds. The van der Waals surface area contributed by atoms with Crippen LogP contribution in [0.3, 0.4) is 0 Å². The van der Waals surface area contributed by atoms with Crippen molar-refractivity contribution < 1.29 is 9.84 Å². The number of aromatic hydroxyl groups is 1. The average Bonchev–Trinajstić information content (AvgIpc) is 2.45. The predicted molar refractivity (Wildman–Crippen MR) is 81.8 cm³/mol. The van der Waals surface area contributed by atoms with Gasteiger partial charge in [-0.15, -0.1) is 0 Å². The van der Waals surface area contributed by atoms with Gasteiger partial charge in [-0.25, -0.2) is 9.78 Å². The number of rotatable bonds is 2. The van der Waals surface area contributed by atoms with Crippen LogP contribution in [0.5, 0.6) is 11.5 Å². The van der Waals surface area contributed by atoms with Crippen LogP contribution in [0.2, 0.25) is 0 Å². The number of hydrogen-bond acceptors (Lipinski definition) is 6. The minimum atomic E-state index is -0.655. The fourth-order valence-corrected chi connectivity index (χ4v) is 2.34. The van der Waals surface area contributed by atoms with Crippen LogP contribution in [0.15, 0.2) is 27.8 Å². The third-order valence-electron chi connectivity index (χ3n) is 3.08. The van der Waals surface area contributed by atoms with Gasteiger partial charge in [-0.05, 0) is 30.4 Å². The number of nitrogens with zero attached hydrogens (tertiary/aromatic N) is 1. The molecule has 0 spiro atoms. The molecule has 2 heterocycles. The zero-order valence-corrected chi connectivity index (χ0v) is 12.1. The summed E-state index contributed by atoms with van der Waals surface area (Å²) in [6.45, 7) is 0. The smallest absolute Gasteiger partial charge is 0.327 e. The molecule has 3 rings (SSSR count). The number of phenolic OH excluding ortho intramolecular Hbond substituents is 1. The molecule has 0 saturated heterocycles. The van der Waals surface area contributed by atoms with Gasteiger partial charge in [-0.3, -0.25) is 14.8 Å². The van der Waals surface area contributed by atoms with Crippen molar-refractivity contribution in [1.29, 1.82) is 0 Å². The van der Waals surface area contributed by atoms with E-state index in [4.69, 9.17) is 17.0 Å². The summed E-state index contributed by atoms with van der Waals surface area (Å²) in [5.74, 6) is 0.186. The molecule has 0 atom stereocenters. The van der Waals surface area contributed by atoms with E-state index < -0.39 is 11.2 Å². The number of nitrogens with one attached hydrogen (secondary N) is 3. The van der Waals surface area contributed by atoms with Crippen molar-refractivity contribution in [1.82, 2.24) is 19.9 Å². The van der Waals surface area contributed by atoms with Gasteiger partial charge in [0, 0.05) is 5.56 Å². The van der Waals surface area contributed by atoms with E-state index in [0.29, 0.717) is 5.56 Å². The number of aromatic amines is 3. The van der Waals surface area contributed by atoms with E-state index in [1.54, 1.807) is 6.07 Å². The zero-order valence-electron chi connectivity index (χ0n) is 11.3. The summed E-state index contributed by atoms with van der Waals surface area (Å²) in [7, 11) is 1.43. The van der Waals surface area contributed by atoms with Crippen LogP contribution < -0.4 is 16.0 Å². The second-order valence-electron chi connectivity index (χ2n) is 4.44. The molecule has 9 heteroatoms. The van der Waals surface area contributed by atoms with Gasteiger partial charge in [-0.2, -0.15) is 0 Å². The minimum Gasteiger partial charge on any atom is -0.504 e. The molecule has 2 aromatic heterocycles. The van der Waals surface area contributed by atoms with Crippen LogP contribution >= 0.6 is 12.2 Å². The zero-order chi connectivity index (χ0) is 15.9. The lowest BCUT2D eigenvalue weighted by Crippen LogP contribution is -2.23. The molecule has 1 aromatic carbocycles. The number of benzene rings is 1. The Morgan fingerprint density at radius 3 is 2.68 bits per heavy atom. The SMILES string of the molecule is COc1ccc(-c2nc(=S)[nH]c3[nH]c(=O)[nH]c(=O)c23)cc1O. The molecule has 0 radical (unpaired) electrons. The van der Waals surface area contributed by atoms with Gasteiger partial charge >= 0.3 is 5.69 Å². The van der Waals surface area contributed by atoms with Gasteiger partial charge in [0.1, 0.15) is 11.0 Å². The van der Waals surface area contributed by atoms with Crippen molar-refractivity contribution in [2.75, 3.05) is 7.11 Å². The van der Waals surface area contributed by atoms with Gasteiger partial charge in [0.15, 0.2) is 16.3 Å². The number of phenols is 1. The van der Waals surface area contributed by atoms with E-state index in [1.165, 1.54) is 19.2 Å². The Bertz CT molecular complexity index is 1050. The molecule has 8 nitrogen and oxygen atoms in total. The first kappa shape index (κ1) is 14.0. The molecule has 22 heavy (non-hydrogen) atoms. The van der Waals surface area contributed by atoms with Crippen LogP contribution in [-0.4, -0.2) is 32.2 Å². The van der Waals surface area contributed by atoms with Gasteiger partial charge in [0.2, 0.25) is 0 Å². The van der Waals surface area contributed by atoms with Crippen molar-refractivity contribution in [3.63, 3.8) is 0 Å². The lowest BCUT2D eigenvalue weighted by molar-refractivity contribution is 0.373. The Morgan fingerprint density at radius 1 is 1.23 bits per heavy atom. The molecule has 0 unspecified atom stereocenters. The van der Waals surface area contributed by atoms with Gasteiger partial charge in [0.05, 0.1) is 12.8 Å². The highest BCUT2D eigenvalue weighted by Crippen LogP contribution is 2.31. The second-order valence-corrected chi connectivity index (χ2v) is 4.82. The Morgan fingerprint density at radius 2 is 2.00 bits per heavy atom. The molecule has 112 valence electrons. The van der Waals surface area contributed by atoms with E-state index in [2.05, 4.69) is 19.9 Å². The Balaban J connectivity index is 2.40. The summed E-state index contributed by atoms with van der Waals surface area (Å²) in [4.78, 5) is 34.8. The largest absolute Gasteiger partial charge is 0.504 e. The normalized spacial score (nSPS) is 10.8. The summed E-state index contributed by atoms with van der Waals surface area (Å²) < 4.78 is 5.07. The third kappa shape index (κ3) is 2.27. The van der Waals surface area contributed by atoms with Gasteiger partial charge < -0.3 is 14.8 Å². The fraction of sp³-hybridized carbons (Fsp3) is 0.0769. The van der Waals surface area contributed by atoms with Gasteiger partial charge in [0.25, 0.3) is 5.56 Å². The maximum absolute atomic E-state index is 12.1. The number of ether oxygens (including phenoxy) is 1. The third-order valence-corrected chi connectivity index (χ3v) is 3.27. The molecule has 4 N–H and O–H groups in total. The maximum atomic E-state index is 12.1. The Kier molecular flexibility index (Phi) is 3.26. The molecule has 3 aromatic rings. The van der Waals surface area contributed by atoms with Crippen molar-refractivity contribution in [2.24, 2.45) is 0 Å². The van der Waals surface area contributed by atoms with Gasteiger partial charge in [-0.1, -0.05) is 0 Å². The molecule has 0 saturated carbocycles. The number of hydrogen-bond donors (Lipinski definition) is 4. The molecule has 0 aliphatic rings. The van der Waals surface area contributed by atoms with E-state index in [0.717, 1.165) is 0 Å². The van der Waals surface area contributed by atoms with Crippen molar-refractivity contribution >= 4 is 23.3 Å². The first-order chi connectivity index (χ1) is 10.5. The molecule has 0 bridgehead atoms. The van der Waals surface area contributed by atoms with Crippen molar-refractivity contribution in [2.45, 2.75) is 0 Å². The summed E-state index contributed by atoms with van der Waals surface area (Å²) in [5, 5.41) is 10.0. The van der Waals surface area contributed by atoms with Crippen molar-refractivity contribution in [3.8, 4) is 22.8 Å². The summed E-state index contributed by atoms with van der Waals surface area (Å²) in [6.07, 6.45) is 0. The van der Waals surface area contributed by atoms with Crippen LogP contribution in [0.1, 0.15) is 0 Å². The van der Waals surface area contributed by atoms with Crippen LogP contribution in [0, 0.1) is 4.77 Å².